The molecule has 21 heavy (non-hydrogen) atoms. The predicted octanol–water partition coefficient (Wildman–Crippen LogP) is 1.20. The molecule has 1 aromatic carbocycles. The first-order valence-corrected chi connectivity index (χ1v) is 7.31. The number of aliphatic hydroxyl groups is 1. The van der Waals surface area contributed by atoms with Crippen molar-refractivity contribution in [3.8, 4) is 11.8 Å². The molecule has 1 amide bonds. The van der Waals surface area contributed by atoms with Gasteiger partial charge in [-0.05, 0) is 32.2 Å². The smallest absolute Gasteiger partial charge is 0.254 e. The van der Waals surface area contributed by atoms with Gasteiger partial charge in [0.1, 0.15) is 0 Å². The van der Waals surface area contributed by atoms with Gasteiger partial charge in [-0.25, -0.2) is 0 Å². The summed E-state index contributed by atoms with van der Waals surface area (Å²) in [5, 5.41) is 8.74. The Kier molecular flexibility index (Phi) is 5.38. The largest absolute Gasteiger partial charge is 0.395 e. The van der Waals surface area contributed by atoms with Crippen LogP contribution in [-0.4, -0.2) is 60.1 Å². The highest BCUT2D eigenvalue weighted by Gasteiger charge is 2.26. The van der Waals surface area contributed by atoms with Crippen molar-refractivity contribution in [2.24, 2.45) is 0 Å². The van der Waals surface area contributed by atoms with E-state index in [1.165, 1.54) is 0 Å². The fourth-order valence-corrected chi connectivity index (χ4v) is 2.56. The topological polar surface area (TPSA) is 43.8 Å². The van der Waals surface area contributed by atoms with Crippen LogP contribution in [0.25, 0.3) is 0 Å². The second kappa shape index (κ2) is 7.26. The predicted molar refractivity (Wildman–Crippen MR) is 83.0 cm³/mol. The number of rotatable bonds is 2. The number of carbonyl (C=O) groups is 1. The Morgan fingerprint density at radius 2 is 2.24 bits per heavy atom. The van der Waals surface area contributed by atoms with Gasteiger partial charge in [-0.1, -0.05) is 17.9 Å². The van der Waals surface area contributed by atoms with Gasteiger partial charge in [0.05, 0.1) is 6.61 Å². The molecule has 0 saturated carbocycles. The van der Waals surface area contributed by atoms with E-state index < -0.39 is 0 Å². The molecule has 1 heterocycles. The standard InChI is InChI=1S/C17H22N2O2/c1-14-13-18(2)9-10-19(14)17(21)16-8-5-7-15(12-16)6-3-4-11-20/h5,7-8,12,14,20H,4,9-11,13H2,1-2H3. The van der Waals surface area contributed by atoms with E-state index in [2.05, 4.69) is 30.7 Å². The first-order chi connectivity index (χ1) is 10.1. The molecular weight excluding hydrogens is 264 g/mol. The molecule has 1 aromatic rings. The summed E-state index contributed by atoms with van der Waals surface area (Å²) in [6.07, 6.45) is 0.452. The average molecular weight is 286 g/mol. The highest BCUT2D eigenvalue weighted by atomic mass is 16.2. The van der Waals surface area contributed by atoms with E-state index in [4.69, 9.17) is 5.11 Å². The van der Waals surface area contributed by atoms with Crippen LogP contribution in [0.15, 0.2) is 24.3 Å². The number of likely N-dealkylation sites (N-methyl/N-ethyl adjacent to an activating group) is 1. The summed E-state index contributed by atoms with van der Waals surface area (Å²) in [7, 11) is 2.08. The van der Waals surface area contributed by atoms with Crippen molar-refractivity contribution in [2.75, 3.05) is 33.3 Å². The maximum absolute atomic E-state index is 12.6. The van der Waals surface area contributed by atoms with Crippen molar-refractivity contribution in [2.45, 2.75) is 19.4 Å². The molecule has 0 aromatic heterocycles. The second-order valence-corrected chi connectivity index (χ2v) is 5.47. The summed E-state index contributed by atoms with van der Waals surface area (Å²) in [4.78, 5) is 16.8. The lowest BCUT2D eigenvalue weighted by atomic mass is 10.1. The van der Waals surface area contributed by atoms with Gasteiger partial charge in [-0.15, -0.1) is 0 Å². The van der Waals surface area contributed by atoms with E-state index in [-0.39, 0.29) is 18.6 Å². The molecule has 4 nitrogen and oxygen atoms in total. The van der Waals surface area contributed by atoms with Gasteiger partial charge in [0.2, 0.25) is 0 Å². The quantitative estimate of drug-likeness (QED) is 0.831. The van der Waals surface area contributed by atoms with Crippen molar-refractivity contribution in [1.82, 2.24) is 9.80 Å². The van der Waals surface area contributed by atoms with E-state index >= 15 is 0 Å². The average Bonchev–Trinajstić information content (AvgIpc) is 2.47. The fraction of sp³-hybridized carbons (Fsp3) is 0.471. The molecule has 4 heteroatoms. The molecule has 0 aliphatic carbocycles. The van der Waals surface area contributed by atoms with Crippen LogP contribution in [0.1, 0.15) is 29.3 Å². The lowest BCUT2D eigenvalue weighted by Crippen LogP contribution is -2.52. The van der Waals surface area contributed by atoms with Crippen molar-refractivity contribution in [3.05, 3.63) is 35.4 Å². The van der Waals surface area contributed by atoms with E-state index in [9.17, 15) is 4.79 Å². The van der Waals surface area contributed by atoms with Crippen LogP contribution < -0.4 is 0 Å². The number of nitrogens with zero attached hydrogens (tertiary/aromatic N) is 2. The van der Waals surface area contributed by atoms with Gasteiger partial charge in [0.25, 0.3) is 5.91 Å². The highest BCUT2D eigenvalue weighted by molar-refractivity contribution is 5.94. The van der Waals surface area contributed by atoms with Crippen molar-refractivity contribution >= 4 is 5.91 Å². The van der Waals surface area contributed by atoms with Crippen LogP contribution in [0, 0.1) is 11.8 Å². The van der Waals surface area contributed by atoms with Crippen LogP contribution in [0.2, 0.25) is 0 Å². The number of hydrogen-bond acceptors (Lipinski definition) is 3. The molecule has 1 unspecified atom stereocenters. The summed E-state index contributed by atoms with van der Waals surface area (Å²) >= 11 is 0. The van der Waals surface area contributed by atoms with Gasteiger partial charge in [-0.3, -0.25) is 4.79 Å². The summed E-state index contributed by atoms with van der Waals surface area (Å²) in [6, 6.07) is 7.63. The highest BCUT2D eigenvalue weighted by Crippen LogP contribution is 2.14. The van der Waals surface area contributed by atoms with Crippen LogP contribution in [0.4, 0.5) is 0 Å². The Morgan fingerprint density at radius 3 is 2.95 bits per heavy atom. The minimum atomic E-state index is 0.0600. The van der Waals surface area contributed by atoms with E-state index in [1.807, 2.05) is 29.2 Å². The summed E-state index contributed by atoms with van der Waals surface area (Å²) in [5.41, 5.74) is 1.50. The Bertz CT molecular complexity index is 559. The van der Waals surface area contributed by atoms with Gasteiger partial charge in [-0.2, -0.15) is 0 Å². The first kappa shape index (κ1) is 15.6. The number of benzene rings is 1. The van der Waals surface area contributed by atoms with Crippen molar-refractivity contribution in [1.29, 1.82) is 0 Å². The summed E-state index contributed by atoms with van der Waals surface area (Å²) in [5.74, 6) is 5.92. The van der Waals surface area contributed by atoms with E-state index in [0.29, 0.717) is 12.0 Å². The molecule has 1 fully saturated rings. The number of hydrogen-bond donors (Lipinski definition) is 1. The van der Waals surface area contributed by atoms with Crippen LogP contribution in [0.5, 0.6) is 0 Å². The maximum Gasteiger partial charge on any atom is 0.254 e. The van der Waals surface area contributed by atoms with Crippen LogP contribution in [-0.2, 0) is 0 Å². The van der Waals surface area contributed by atoms with Gasteiger partial charge < -0.3 is 14.9 Å². The maximum atomic E-state index is 12.6. The molecule has 0 bridgehead atoms. The van der Waals surface area contributed by atoms with E-state index in [0.717, 1.165) is 25.2 Å². The Morgan fingerprint density at radius 1 is 1.43 bits per heavy atom. The van der Waals surface area contributed by atoms with Crippen LogP contribution >= 0.6 is 0 Å². The third-order valence-electron chi connectivity index (χ3n) is 3.67. The number of amides is 1. The molecule has 0 radical (unpaired) electrons. The third-order valence-corrected chi connectivity index (χ3v) is 3.67. The zero-order valence-corrected chi connectivity index (χ0v) is 12.7. The monoisotopic (exact) mass is 286 g/mol. The number of aliphatic hydroxyl groups excluding tert-OH is 1. The molecule has 0 spiro atoms. The molecule has 1 aliphatic heterocycles. The lowest BCUT2D eigenvalue weighted by molar-refractivity contribution is 0.0533. The molecule has 2 rings (SSSR count). The molecular formula is C17H22N2O2. The Balaban J connectivity index is 2.13. The summed E-state index contributed by atoms with van der Waals surface area (Å²) in [6.45, 7) is 4.72. The van der Waals surface area contributed by atoms with Crippen molar-refractivity contribution < 1.29 is 9.90 Å². The molecule has 1 saturated heterocycles. The lowest BCUT2D eigenvalue weighted by Gasteiger charge is -2.38. The number of piperazine rings is 1. The van der Waals surface area contributed by atoms with Crippen LogP contribution in [0.3, 0.4) is 0 Å². The normalized spacial score (nSPS) is 19.0. The van der Waals surface area contributed by atoms with Gasteiger partial charge >= 0.3 is 0 Å². The Labute approximate surface area is 126 Å². The van der Waals surface area contributed by atoms with Crippen molar-refractivity contribution in [3.63, 3.8) is 0 Å². The van der Waals surface area contributed by atoms with Gasteiger partial charge in [0, 0.05) is 43.2 Å². The SMILES string of the molecule is CC1CN(C)CCN1C(=O)c1cccc(C#CCCO)c1. The zero-order chi connectivity index (χ0) is 15.2. The van der Waals surface area contributed by atoms with Gasteiger partial charge in [0.15, 0.2) is 0 Å². The fourth-order valence-electron chi connectivity index (χ4n) is 2.56. The summed E-state index contributed by atoms with van der Waals surface area (Å²) < 4.78 is 0. The molecule has 1 aliphatic rings. The zero-order valence-electron chi connectivity index (χ0n) is 12.7. The molecule has 1 atom stereocenters. The molecule has 112 valence electrons. The van der Waals surface area contributed by atoms with E-state index in [1.54, 1.807) is 0 Å². The second-order valence-electron chi connectivity index (χ2n) is 5.47. The minimum Gasteiger partial charge on any atom is -0.395 e. The minimum absolute atomic E-state index is 0.0600. The third kappa shape index (κ3) is 4.07. The Hall–Kier alpha value is -1.83. The molecule has 1 N–H and O–H groups in total. The number of carbonyl (C=O) groups excluding carboxylic acids is 1. The first-order valence-electron chi connectivity index (χ1n) is 7.31.